The van der Waals surface area contributed by atoms with Crippen molar-refractivity contribution in [1.29, 1.82) is 0 Å². The maximum absolute atomic E-state index is 12.3. The number of aryl methyl sites for hydroxylation is 2. The molecule has 0 saturated heterocycles. The molecule has 1 amide bonds. The SMILES string of the molecule is Cc1nnc2n1C[C@H](NC(=O)Cc1ccc3c(c1)CCO3)CC2. The first-order chi connectivity index (χ1) is 11.2. The molecule has 2 aliphatic rings. The number of aromatic nitrogens is 3. The fourth-order valence-electron chi connectivity index (χ4n) is 3.39. The Morgan fingerprint density at radius 3 is 3.22 bits per heavy atom. The van der Waals surface area contributed by atoms with Gasteiger partial charge in [-0.3, -0.25) is 4.79 Å². The third kappa shape index (κ3) is 2.81. The first-order valence-electron chi connectivity index (χ1n) is 8.11. The highest BCUT2D eigenvalue weighted by Crippen LogP contribution is 2.26. The Bertz CT molecular complexity index is 753. The van der Waals surface area contributed by atoms with E-state index in [0.29, 0.717) is 6.42 Å². The van der Waals surface area contributed by atoms with Gasteiger partial charge in [0, 0.05) is 25.4 Å². The van der Waals surface area contributed by atoms with Crippen LogP contribution in [0.2, 0.25) is 0 Å². The van der Waals surface area contributed by atoms with Gasteiger partial charge in [-0.05, 0) is 30.5 Å². The van der Waals surface area contributed by atoms with Crippen LogP contribution in [0, 0.1) is 6.92 Å². The monoisotopic (exact) mass is 312 g/mol. The summed E-state index contributed by atoms with van der Waals surface area (Å²) in [7, 11) is 0. The second kappa shape index (κ2) is 5.68. The molecule has 0 saturated carbocycles. The van der Waals surface area contributed by atoms with Crippen LogP contribution >= 0.6 is 0 Å². The number of fused-ring (bicyclic) bond motifs is 2. The Hall–Kier alpha value is -2.37. The van der Waals surface area contributed by atoms with Gasteiger partial charge in [0.05, 0.1) is 13.0 Å². The van der Waals surface area contributed by atoms with Gasteiger partial charge in [0.1, 0.15) is 17.4 Å². The Morgan fingerprint density at radius 2 is 2.30 bits per heavy atom. The lowest BCUT2D eigenvalue weighted by Crippen LogP contribution is -2.41. The van der Waals surface area contributed by atoms with Gasteiger partial charge in [-0.1, -0.05) is 12.1 Å². The van der Waals surface area contributed by atoms with Crippen LogP contribution in [-0.2, 0) is 30.6 Å². The number of hydrogen-bond donors (Lipinski definition) is 1. The van der Waals surface area contributed by atoms with Crippen LogP contribution in [0.4, 0.5) is 0 Å². The summed E-state index contributed by atoms with van der Waals surface area (Å²) < 4.78 is 7.60. The molecule has 6 heteroatoms. The summed E-state index contributed by atoms with van der Waals surface area (Å²) in [6.07, 6.45) is 3.13. The molecule has 120 valence electrons. The first kappa shape index (κ1) is 14.2. The van der Waals surface area contributed by atoms with Crippen molar-refractivity contribution in [2.75, 3.05) is 6.61 Å². The van der Waals surface area contributed by atoms with Gasteiger partial charge in [-0.2, -0.15) is 0 Å². The standard InChI is InChI=1S/C17H20N4O2/c1-11-19-20-16-5-3-14(10-21(11)16)18-17(22)9-12-2-4-15-13(8-12)6-7-23-15/h2,4,8,14H,3,5-7,9-10H2,1H3,(H,18,22)/t14-/m1/s1. The molecule has 0 fully saturated rings. The van der Waals surface area contributed by atoms with E-state index in [9.17, 15) is 4.79 Å². The van der Waals surface area contributed by atoms with Crippen LogP contribution in [0.3, 0.4) is 0 Å². The minimum Gasteiger partial charge on any atom is -0.493 e. The van der Waals surface area contributed by atoms with E-state index in [1.165, 1.54) is 5.56 Å². The smallest absolute Gasteiger partial charge is 0.224 e. The lowest BCUT2D eigenvalue weighted by Gasteiger charge is -2.25. The number of benzene rings is 1. The van der Waals surface area contributed by atoms with E-state index < -0.39 is 0 Å². The summed E-state index contributed by atoms with van der Waals surface area (Å²) in [5, 5.41) is 11.4. The van der Waals surface area contributed by atoms with Crippen LogP contribution in [-0.4, -0.2) is 33.3 Å². The zero-order chi connectivity index (χ0) is 15.8. The van der Waals surface area contributed by atoms with Gasteiger partial charge >= 0.3 is 0 Å². The molecule has 0 aliphatic carbocycles. The minimum absolute atomic E-state index is 0.0723. The fraction of sp³-hybridized carbons (Fsp3) is 0.471. The molecule has 0 radical (unpaired) electrons. The molecule has 0 unspecified atom stereocenters. The molecule has 3 heterocycles. The quantitative estimate of drug-likeness (QED) is 0.924. The van der Waals surface area contributed by atoms with Crippen molar-refractivity contribution < 1.29 is 9.53 Å². The number of ether oxygens (including phenoxy) is 1. The third-order valence-electron chi connectivity index (χ3n) is 4.62. The molecule has 4 rings (SSSR count). The van der Waals surface area contributed by atoms with Crippen molar-refractivity contribution in [3.05, 3.63) is 41.0 Å². The summed E-state index contributed by atoms with van der Waals surface area (Å²) in [6, 6.07) is 6.19. The average molecular weight is 312 g/mol. The van der Waals surface area contributed by atoms with Crippen molar-refractivity contribution >= 4 is 5.91 Å². The Balaban J connectivity index is 1.38. The molecule has 0 spiro atoms. The number of nitrogens with zero attached hydrogens (tertiary/aromatic N) is 3. The van der Waals surface area contributed by atoms with Crippen LogP contribution in [0.1, 0.15) is 29.2 Å². The topological polar surface area (TPSA) is 69.0 Å². The van der Waals surface area contributed by atoms with E-state index in [1.54, 1.807) is 0 Å². The third-order valence-corrected chi connectivity index (χ3v) is 4.62. The van der Waals surface area contributed by atoms with Gasteiger partial charge < -0.3 is 14.6 Å². The van der Waals surface area contributed by atoms with E-state index in [1.807, 2.05) is 19.1 Å². The number of carbonyl (C=O) groups is 1. The van der Waals surface area contributed by atoms with E-state index >= 15 is 0 Å². The molecule has 2 aromatic rings. The summed E-state index contributed by atoms with van der Waals surface area (Å²) in [5.41, 5.74) is 2.25. The predicted octanol–water partition coefficient (Wildman–Crippen LogP) is 1.20. The predicted molar refractivity (Wildman–Crippen MR) is 84.4 cm³/mol. The van der Waals surface area contributed by atoms with Crippen molar-refractivity contribution in [3.63, 3.8) is 0 Å². The maximum atomic E-state index is 12.3. The molecular formula is C17H20N4O2. The van der Waals surface area contributed by atoms with Crippen LogP contribution in [0.25, 0.3) is 0 Å². The molecular weight excluding hydrogens is 292 g/mol. The van der Waals surface area contributed by atoms with Crippen molar-refractivity contribution in [2.24, 2.45) is 0 Å². The highest BCUT2D eigenvalue weighted by atomic mass is 16.5. The van der Waals surface area contributed by atoms with Crippen molar-refractivity contribution in [2.45, 2.75) is 45.2 Å². The van der Waals surface area contributed by atoms with Gasteiger partial charge in [-0.15, -0.1) is 10.2 Å². The highest BCUT2D eigenvalue weighted by molar-refractivity contribution is 5.79. The summed E-state index contributed by atoms with van der Waals surface area (Å²) in [5.74, 6) is 2.96. The largest absolute Gasteiger partial charge is 0.493 e. The summed E-state index contributed by atoms with van der Waals surface area (Å²) in [4.78, 5) is 12.3. The van der Waals surface area contributed by atoms with Crippen molar-refractivity contribution in [3.8, 4) is 5.75 Å². The zero-order valence-corrected chi connectivity index (χ0v) is 13.2. The minimum atomic E-state index is 0.0723. The van der Waals surface area contributed by atoms with E-state index in [0.717, 1.165) is 55.4 Å². The second-order valence-corrected chi connectivity index (χ2v) is 6.29. The van der Waals surface area contributed by atoms with Crippen LogP contribution in [0.5, 0.6) is 5.75 Å². The molecule has 2 aliphatic heterocycles. The van der Waals surface area contributed by atoms with Crippen LogP contribution < -0.4 is 10.1 Å². The number of nitrogens with one attached hydrogen (secondary N) is 1. The van der Waals surface area contributed by atoms with E-state index in [4.69, 9.17) is 4.74 Å². The molecule has 1 aromatic heterocycles. The number of amides is 1. The van der Waals surface area contributed by atoms with Gasteiger partial charge in [0.25, 0.3) is 0 Å². The van der Waals surface area contributed by atoms with E-state index in [-0.39, 0.29) is 11.9 Å². The summed E-state index contributed by atoms with van der Waals surface area (Å²) in [6.45, 7) is 3.46. The van der Waals surface area contributed by atoms with E-state index in [2.05, 4.69) is 26.1 Å². The van der Waals surface area contributed by atoms with Crippen LogP contribution in [0.15, 0.2) is 18.2 Å². The maximum Gasteiger partial charge on any atom is 0.224 e. The lowest BCUT2D eigenvalue weighted by molar-refractivity contribution is -0.121. The molecule has 0 bridgehead atoms. The fourth-order valence-corrected chi connectivity index (χ4v) is 3.39. The lowest BCUT2D eigenvalue weighted by atomic mass is 10.0. The molecule has 1 atom stereocenters. The average Bonchev–Trinajstić information content (AvgIpc) is 3.14. The zero-order valence-electron chi connectivity index (χ0n) is 13.2. The van der Waals surface area contributed by atoms with Gasteiger partial charge in [0.2, 0.25) is 5.91 Å². The molecule has 6 nitrogen and oxygen atoms in total. The van der Waals surface area contributed by atoms with Gasteiger partial charge in [0.15, 0.2) is 0 Å². The highest BCUT2D eigenvalue weighted by Gasteiger charge is 2.23. The van der Waals surface area contributed by atoms with Crippen molar-refractivity contribution in [1.82, 2.24) is 20.1 Å². The summed E-state index contributed by atoms with van der Waals surface area (Å²) >= 11 is 0. The Morgan fingerprint density at radius 1 is 1.39 bits per heavy atom. The number of carbonyl (C=O) groups excluding carboxylic acids is 1. The molecule has 23 heavy (non-hydrogen) atoms. The first-order valence-corrected chi connectivity index (χ1v) is 8.11. The second-order valence-electron chi connectivity index (χ2n) is 6.29. The normalized spacial score (nSPS) is 18.9. The molecule has 1 N–H and O–H groups in total. The number of rotatable bonds is 3. The Kier molecular flexibility index (Phi) is 3.52. The number of hydrogen-bond acceptors (Lipinski definition) is 4. The Labute approximate surface area is 134 Å². The van der Waals surface area contributed by atoms with Gasteiger partial charge in [-0.25, -0.2) is 0 Å². The molecule has 1 aromatic carbocycles.